The van der Waals surface area contributed by atoms with E-state index in [1.165, 1.54) is 0 Å². The quantitative estimate of drug-likeness (QED) is 0.311. The van der Waals surface area contributed by atoms with Gasteiger partial charge in [-0.2, -0.15) is 0 Å². The topological polar surface area (TPSA) is 79.2 Å². The number of rotatable bonds is 8. The van der Waals surface area contributed by atoms with Crippen LogP contribution in [0.4, 0.5) is 0 Å². The largest absolute Gasteiger partial charge is 0.497 e. The molecule has 7 heteroatoms. The summed E-state index contributed by atoms with van der Waals surface area (Å²) in [5.41, 5.74) is 5.16. The highest BCUT2D eigenvalue weighted by molar-refractivity contribution is 6.00. The van der Waals surface area contributed by atoms with E-state index in [0.29, 0.717) is 36.0 Å². The zero-order chi connectivity index (χ0) is 25.1. The van der Waals surface area contributed by atoms with E-state index in [9.17, 15) is 4.79 Å². The molecule has 0 saturated carbocycles. The summed E-state index contributed by atoms with van der Waals surface area (Å²) >= 11 is 0. The van der Waals surface area contributed by atoms with Crippen molar-refractivity contribution < 1.29 is 28.2 Å². The van der Waals surface area contributed by atoms with Crippen molar-refractivity contribution in [2.75, 3.05) is 20.5 Å². The van der Waals surface area contributed by atoms with E-state index in [4.69, 9.17) is 23.4 Å². The Balaban J connectivity index is 1.42. The first-order valence-electron chi connectivity index (χ1n) is 11.7. The minimum absolute atomic E-state index is 0.201. The van der Waals surface area contributed by atoms with Crippen molar-refractivity contribution in [1.82, 2.24) is 5.32 Å². The first-order chi connectivity index (χ1) is 17.6. The first-order valence-corrected chi connectivity index (χ1v) is 11.7. The number of furan rings is 1. The third-order valence-electron chi connectivity index (χ3n) is 6.03. The number of nitrogens with one attached hydrogen (secondary N) is 1. The smallest absolute Gasteiger partial charge is 0.244 e. The number of allylic oxidation sites excluding steroid dienone is 1. The maximum atomic E-state index is 12.8. The monoisotopic (exact) mass is 485 g/mol. The number of amides is 1. The lowest BCUT2D eigenvalue weighted by molar-refractivity contribution is -0.116. The van der Waals surface area contributed by atoms with Gasteiger partial charge in [0.15, 0.2) is 11.5 Å². The second kappa shape index (κ2) is 10.1. The highest BCUT2D eigenvalue weighted by atomic mass is 16.7. The van der Waals surface area contributed by atoms with Gasteiger partial charge in [-0.3, -0.25) is 4.79 Å². The number of fused-ring (bicyclic) bond motifs is 2. The average Bonchev–Trinajstić information content (AvgIpc) is 3.53. The van der Waals surface area contributed by atoms with Gasteiger partial charge in [0.2, 0.25) is 12.7 Å². The molecule has 0 atom stereocenters. The number of ether oxygens (including phenoxy) is 4. The summed E-state index contributed by atoms with van der Waals surface area (Å²) in [6, 6.07) is 17.3. The lowest BCUT2D eigenvalue weighted by Gasteiger charge is -2.12. The molecule has 1 amide bonds. The number of carbonyl (C=O) groups is 1. The minimum Gasteiger partial charge on any atom is -0.497 e. The molecule has 1 aliphatic heterocycles. The van der Waals surface area contributed by atoms with Gasteiger partial charge in [-0.05, 0) is 60.9 Å². The van der Waals surface area contributed by atoms with Gasteiger partial charge in [-0.15, -0.1) is 0 Å². The SMILES string of the molecule is CCOc1cc2occ(-c3cccc(OC)c3)c2cc1/C(C)=C/C(=O)NCc1ccc2c(c1)OCO2. The van der Waals surface area contributed by atoms with Crippen molar-refractivity contribution in [1.29, 1.82) is 0 Å². The fourth-order valence-electron chi connectivity index (χ4n) is 4.22. The van der Waals surface area contributed by atoms with Gasteiger partial charge >= 0.3 is 0 Å². The normalized spacial score (nSPS) is 12.6. The van der Waals surface area contributed by atoms with Crippen molar-refractivity contribution >= 4 is 22.4 Å². The van der Waals surface area contributed by atoms with Crippen LogP contribution in [0.3, 0.4) is 0 Å². The Morgan fingerprint density at radius 1 is 1.08 bits per heavy atom. The molecule has 0 unspecified atom stereocenters. The summed E-state index contributed by atoms with van der Waals surface area (Å²) in [4.78, 5) is 12.8. The molecule has 7 nitrogen and oxygen atoms in total. The third kappa shape index (κ3) is 4.73. The molecule has 3 aromatic carbocycles. The van der Waals surface area contributed by atoms with E-state index >= 15 is 0 Å². The van der Waals surface area contributed by atoms with Gasteiger partial charge in [0.25, 0.3) is 0 Å². The van der Waals surface area contributed by atoms with Crippen molar-refractivity contribution in [3.63, 3.8) is 0 Å². The van der Waals surface area contributed by atoms with Gasteiger partial charge in [0.1, 0.15) is 17.1 Å². The van der Waals surface area contributed by atoms with Crippen LogP contribution in [0.5, 0.6) is 23.0 Å². The summed E-state index contributed by atoms with van der Waals surface area (Å²) in [6.45, 7) is 4.91. The molecule has 0 saturated heterocycles. The summed E-state index contributed by atoms with van der Waals surface area (Å²) in [7, 11) is 1.64. The maximum absolute atomic E-state index is 12.8. The molecule has 4 aromatic rings. The maximum Gasteiger partial charge on any atom is 0.244 e. The Morgan fingerprint density at radius 3 is 2.78 bits per heavy atom. The van der Waals surface area contributed by atoms with Crippen LogP contribution in [0.15, 0.2) is 71.4 Å². The lowest BCUT2D eigenvalue weighted by atomic mass is 9.99. The predicted molar refractivity (Wildman–Crippen MR) is 137 cm³/mol. The number of hydrogen-bond donors (Lipinski definition) is 1. The molecule has 184 valence electrons. The summed E-state index contributed by atoms with van der Waals surface area (Å²) in [6.07, 6.45) is 3.32. The van der Waals surface area contributed by atoms with E-state index in [1.54, 1.807) is 19.4 Å². The van der Waals surface area contributed by atoms with E-state index < -0.39 is 0 Å². The first kappa shape index (κ1) is 23.4. The lowest BCUT2D eigenvalue weighted by Crippen LogP contribution is -2.20. The van der Waals surface area contributed by atoms with Crippen LogP contribution in [0, 0.1) is 0 Å². The molecule has 1 aliphatic rings. The highest BCUT2D eigenvalue weighted by Gasteiger charge is 2.16. The highest BCUT2D eigenvalue weighted by Crippen LogP contribution is 2.38. The molecular formula is C29H27NO6. The standard InChI is InChI=1S/C29H27NO6/c1-4-33-26-14-27-23(24(16-34-27)20-6-5-7-21(12-20)32-3)13-22(26)18(2)10-29(31)30-15-19-8-9-25-28(11-19)36-17-35-25/h5-14,16H,4,15,17H2,1-3H3,(H,30,31)/b18-10+. The second-order valence-electron chi connectivity index (χ2n) is 8.39. The van der Waals surface area contributed by atoms with Gasteiger partial charge in [-0.25, -0.2) is 0 Å². The number of benzene rings is 3. The Labute approximate surface area is 209 Å². The zero-order valence-corrected chi connectivity index (χ0v) is 20.4. The van der Waals surface area contributed by atoms with Crippen LogP contribution in [0.2, 0.25) is 0 Å². The zero-order valence-electron chi connectivity index (χ0n) is 20.4. The fraction of sp³-hybridized carbons (Fsp3) is 0.207. The molecule has 0 bridgehead atoms. The molecule has 5 rings (SSSR count). The van der Waals surface area contributed by atoms with Crippen LogP contribution in [0.25, 0.3) is 27.7 Å². The number of carbonyl (C=O) groups excluding carboxylic acids is 1. The molecule has 0 fully saturated rings. The van der Waals surface area contributed by atoms with Crippen LogP contribution >= 0.6 is 0 Å². The fourth-order valence-corrected chi connectivity index (χ4v) is 4.22. The van der Waals surface area contributed by atoms with Crippen molar-refractivity contribution in [3.8, 4) is 34.1 Å². The molecule has 1 N–H and O–H groups in total. The van der Waals surface area contributed by atoms with Crippen LogP contribution in [-0.4, -0.2) is 26.4 Å². The van der Waals surface area contributed by atoms with Gasteiger partial charge in [0, 0.05) is 35.2 Å². The molecule has 0 spiro atoms. The summed E-state index contributed by atoms with van der Waals surface area (Å²) in [5, 5.41) is 3.87. The van der Waals surface area contributed by atoms with E-state index in [0.717, 1.165) is 39.0 Å². The summed E-state index contributed by atoms with van der Waals surface area (Å²) in [5.74, 6) is 2.63. The minimum atomic E-state index is -0.201. The second-order valence-corrected chi connectivity index (χ2v) is 8.39. The number of hydrogen-bond acceptors (Lipinski definition) is 6. The van der Waals surface area contributed by atoms with Gasteiger partial charge < -0.3 is 28.7 Å². The molecule has 36 heavy (non-hydrogen) atoms. The van der Waals surface area contributed by atoms with Crippen molar-refractivity contribution in [2.24, 2.45) is 0 Å². The van der Waals surface area contributed by atoms with Crippen molar-refractivity contribution in [2.45, 2.75) is 20.4 Å². The summed E-state index contributed by atoms with van der Waals surface area (Å²) < 4.78 is 27.9. The Hall–Kier alpha value is -4.39. The van der Waals surface area contributed by atoms with Gasteiger partial charge in [-0.1, -0.05) is 18.2 Å². The Morgan fingerprint density at radius 2 is 1.94 bits per heavy atom. The molecule has 1 aromatic heterocycles. The Kier molecular flexibility index (Phi) is 6.54. The van der Waals surface area contributed by atoms with E-state index in [2.05, 4.69) is 5.32 Å². The van der Waals surface area contributed by atoms with Gasteiger partial charge in [0.05, 0.1) is 20.0 Å². The predicted octanol–water partition coefficient (Wildman–Crippen LogP) is 5.96. The molecule has 0 aliphatic carbocycles. The van der Waals surface area contributed by atoms with Crippen molar-refractivity contribution in [3.05, 3.63) is 78.1 Å². The molecule has 0 radical (unpaired) electrons. The number of methoxy groups -OCH3 is 1. The van der Waals surface area contributed by atoms with Crippen LogP contribution in [-0.2, 0) is 11.3 Å². The van der Waals surface area contributed by atoms with E-state index in [1.807, 2.05) is 68.4 Å². The third-order valence-corrected chi connectivity index (χ3v) is 6.03. The van der Waals surface area contributed by atoms with Crippen LogP contribution in [0.1, 0.15) is 25.0 Å². The average molecular weight is 486 g/mol. The molecular weight excluding hydrogens is 458 g/mol. The molecule has 2 heterocycles. The van der Waals surface area contributed by atoms with Crippen LogP contribution < -0.4 is 24.3 Å². The Bertz CT molecular complexity index is 1450. The van der Waals surface area contributed by atoms with E-state index in [-0.39, 0.29) is 12.7 Å².